The zero-order chi connectivity index (χ0) is 16.6. The molecule has 0 saturated heterocycles. The topological polar surface area (TPSA) is 109 Å². The van der Waals surface area contributed by atoms with E-state index in [0.717, 1.165) is 0 Å². The number of amides is 1. The maximum absolute atomic E-state index is 11.4. The van der Waals surface area contributed by atoms with E-state index >= 15 is 0 Å². The maximum Gasteiger partial charge on any atom is 0.0297 e. The van der Waals surface area contributed by atoms with Gasteiger partial charge in [0, 0.05) is 12.4 Å². The fourth-order valence-corrected chi connectivity index (χ4v) is 3.18. The molecule has 0 aliphatic carbocycles. The van der Waals surface area contributed by atoms with Gasteiger partial charge in [-0.1, -0.05) is 6.07 Å². The molecule has 3 N–H and O–H groups in total. The Morgan fingerprint density at radius 2 is 1.95 bits per heavy atom. The summed E-state index contributed by atoms with van der Waals surface area (Å²) >= 11 is -4.92. The predicted octanol–water partition coefficient (Wildman–Crippen LogP) is 1.09. The van der Waals surface area contributed by atoms with Crippen molar-refractivity contribution in [2.45, 2.75) is 13.8 Å². The van der Waals surface area contributed by atoms with Crippen molar-refractivity contribution in [3.63, 3.8) is 0 Å². The second-order valence-corrected chi connectivity index (χ2v) is 7.87. The number of anilines is 1. The first-order valence-electron chi connectivity index (χ1n) is 6.26. The molecule has 1 amide bonds. The minimum Gasteiger partial charge on any atom is -0.264 e. The number of rotatable bonds is 3. The van der Waals surface area contributed by atoms with Crippen LogP contribution in [0.2, 0.25) is 0 Å². The molecule has 118 valence electrons. The average molecular weight is 368 g/mol. The molecule has 1 unspecified atom stereocenters. The molecule has 1 heterocycles. The van der Waals surface area contributed by atoms with Crippen LogP contribution < -0.4 is 9.67 Å². The molecule has 7 nitrogen and oxygen atoms in total. The molecule has 2 rings (SSSR count). The van der Waals surface area contributed by atoms with Crippen LogP contribution in [0, 0.1) is 6.92 Å². The van der Waals surface area contributed by atoms with E-state index in [0.29, 0.717) is 0 Å². The van der Waals surface area contributed by atoms with Crippen LogP contribution in [0.15, 0.2) is 48.8 Å². The zero-order valence-corrected chi connectivity index (χ0v) is 14.0. The molecule has 1 aromatic carbocycles. The number of nitrogens with one attached hydrogen (secondary N) is 1. The standard InChI is InChI=1S/C8H10AsNO5.C6H7N/c1-6(11)10-8-5-3-2-4-7(8)9(12,13)15-14;1-6-3-2-4-7-5-6/h2-5,14H,1H3,(H,10,11)(H,12,13);2-5H,1H3. The largest absolute Gasteiger partial charge is 0.264 e. The van der Waals surface area contributed by atoms with Crippen LogP contribution >= 0.6 is 0 Å². The summed E-state index contributed by atoms with van der Waals surface area (Å²) in [4.78, 5) is 14.7. The smallest absolute Gasteiger partial charge is 0.0297 e. The van der Waals surface area contributed by atoms with Gasteiger partial charge in [-0.25, -0.2) is 0 Å². The monoisotopic (exact) mass is 368 g/mol. The van der Waals surface area contributed by atoms with E-state index in [9.17, 15) is 12.6 Å². The molecule has 0 fully saturated rings. The molecule has 22 heavy (non-hydrogen) atoms. The fourth-order valence-electron chi connectivity index (χ4n) is 1.51. The van der Waals surface area contributed by atoms with E-state index in [2.05, 4.69) is 14.2 Å². The second kappa shape index (κ2) is 8.50. The van der Waals surface area contributed by atoms with Gasteiger partial charge in [0.1, 0.15) is 0 Å². The summed E-state index contributed by atoms with van der Waals surface area (Å²) in [6.45, 7) is 3.29. The SMILES string of the molecule is CC(=O)Nc1ccccc1[As](=O)(O)OO.Cc1cccnc1. The Morgan fingerprint density at radius 1 is 1.27 bits per heavy atom. The summed E-state index contributed by atoms with van der Waals surface area (Å²) in [6, 6.07) is 9.79. The molecular weight excluding hydrogens is 351 g/mol. The van der Waals surface area contributed by atoms with E-state index in [1.807, 2.05) is 25.3 Å². The summed E-state index contributed by atoms with van der Waals surface area (Å²) < 4.78 is 24.1. The summed E-state index contributed by atoms with van der Waals surface area (Å²) in [5, 5.41) is 10.7. The average Bonchev–Trinajstić information content (AvgIpc) is 2.48. The molecule has 1 atom stereocenters. The summed E-state index contributed by atoms with van der Waals surface area (Å²) in [5.74, 6) is -0.379. The number of benzene rings is 1. The molecule has 0 bridgehead atoms. The van der Waals surface area contributed by atoms with E-state index in [1.54, 1.807) is 12.3 Å². The van der Waals surface area contributed by atoms with Crippen molar-refractivity contribution in [3.05, 3.63) is 54.4 Å². The van der Waals surface area contributed by atoms with Gasteiger partial charge in [0.25, 0.3) is 0 Å². The van der Waals surface area contributed by atoms with Crippen molar-refractivity contribution >= 4 is 30.1 Å². The van der Waals surface area contributed by atoms with Gasteiger partial charge in [0.2, 0.25) is 0 Å². The van der Waals surface area contributed by atoms with Gasteiger partial charge in [-0.3, -0.25) is 4.98 Å². The fraction of sp³-hybridized carbons (Fsp3) is 0.143. The number of para-hydroxylation sites is 1. The number of hydrogen-bond donors (Lipinski definition) is 3. The van der Waals surface area contributed by atoms with Gasteiger partial charge < -0.3 is 0 Å². The van der Waals surface area contributed by atoms with Crippen LogP contribution in [0.1, 0.15) is 12.5 Å². The van der Waals surface area contributed by atoms with E-state index < -0.39 is 14.2 Å². The Kier molecular flexibility index (Phi) is 7.01. The molecule has 0 spiro atoms. The third-order valence-corrected chi connectivity index (χ3v) is 5.00. The number of nitrogens with zero attached hydrogens (tertiary/aromatic N) is 1. The van der Waals surface area contributed by atoms with Crippen LogP contribution in [0.5, 0.6) is 0 Å². The summed E-state index contributed by atoms with van der Waals surface area (Å²) in [5.41, 5.74) is 1.37. The van der Waals surface area contributed by atoms with Gasteiger partial charge in [-0.2, -0.15) is 0 Å². The molecule has 0 aliphatic heterocycles. The minimum absolute atomic E-state index is 0.103. The van der Waals surface area contributed by atoms with Crippen molar-refractivity contribution in [2.75, 3.05) is 5.32 Å². The van der Waals surface area contributed by atoms with Crippen molar-refractivity contribution in [3.8, 4) is 0 Å². The van der Waals surface area contributed by atoms with Crippen LogP contribution in [-0.2, 0) is 12.4 Å². The number of aromatic nitrogens is 1. The number of carbonyl (C=O) groups is 1. The first-order valence-corrected chi connectivity index (χ1v) is 9.57. The Bertz CT molecular complexity index is 663. The first-order chi connectivity index (χ1) is 10.4. The molecular formula is C14H17AsN2O5. The van der Waals surface area contributed by atoms with Gasteiger partial charge in [0.15, 0.2) is 0 Å². The van der Waals surface area contributed by atoms with E-state index in [-0.39, 0.29) is 15.9 Å². The van der Waals surface area contributed by atoms with Crippen LogP contribution in [0.25, 0.3) is 0 Å². The Labute approximate surface area is 130 Å². The molecule has 2 aromatic rings. The molecule has 8 heteroatoms. The molecule has 0 aliphatic rings. The van der Waals surface area contributed by atoms with Crippen molar-refractivity contribution in [1.29, 1.82) is 0 Å². The molecule has 0 radical (unpaired) electrons. The zero-order valence-electron chi connectivity index (χ0n) is 12.1. The van der Waals surface area contributed by atoms with Crippen LogP contribution in [0.4, 0.5) is 5.69 Å². The number of hydrogen-bond acceptors (Lipinski definition) is 5. The minimum atomic E-state index is -4.92. The Balaban J connectivity index is 0.000000287. The van der Waals surface area contributed by atoms with E-state index in [1.165, 1.54) is 30.7 Å². The van der Waals surface area contributed by atoms with Gasteiger partial charge >= 0.3 is 88.4 Å². The van der Waals surface area contributed by atoms with Crippen molar-refractivity contribution in [1.82, 2.24) is 4.98 Å². The number of carbonyl (C=O) groups excluding carboxylic acids is 1. The number of aryl methyl sites for hydroxylation is 1. The predicted molar refractivity (Wildman–Crippen MR) is 81.7 cm³/mol. The second-order valence-electron chi connectivity index (χ2n) is 4.33. The van der Waals surface area contributed by atoms with Crippen molar-refractivity contribution < 1.29 is 21.8 Å². The van der Waals surface area contributed by atoms with Crippen LogP contribution in [0.3, 0.4) is 0 Å². The molecule has 1 aromatic heterocycles. The number of pyridine rings is 1. The third kappa shape index (κ3) is 5.83. The molecule has 0 saturated carbocycles. The van der Waals surface area contributed by atoms with Gasteiger partial charge in [-0.05, 0) is 18.6 Å². The first kappa shape index (κ1) is 18.1. The van der Waals surface area contributed by atoms with Gasteiger partial charge in [-0.15, -0.1) is 0 Å². The van der Waals surface area contributed by atoms with Crippen LogP contribution in [-0.4, -0.2) is 34.4 Å². The van der Waals surface area contributed by atoms with E-state index in [4.69, 9.17) is 5.26 Å². The summed E-state index contributed by atoms with van der Waals surface area (Å²) in [6.07, 6.45) is 3.60. The Morgan fingerprint density at radius 3 is 2.41 bits per heavy atom. The maximum atomic E-state index is 11.4. The van der Waals surface area contributed by atoms with Gasteiger partial charge in [0.05, 0.1) is 0 Å². The third-order valence-electron chi connectivity index (χ3n) is 2.44. The Hall–Kier alpha value is -1.92. The normalized spacial score (nSPS) is 12.5. The summed E-state index contributed by atoms with van der Waals surface area (Å²) in [7, 11) is 0. The van der Waals surface area contributed by atoms with Crippen molar-refractivity contribution in [2.24, 2.45) is 0 Å². The quantitative estimate of drug-likeness (QED) is 0.425.